The van der Waals surface area contributed by atoms with Crippen LogP contribution in [0, 0.1) is 0 Å². The predicted octanol–water partition coefficient (Wildman–Crippen LogP) is 4.25. The van der Waals surface area contributed by atoms with Crippen molar-refractivity contribution in [3.8, 4) is 0 Å². The van der Waals surface area contributed by atoms with Gasteiger partial charge in [-0.3, -0.25) is 0 Å². The van der Waals surface area contributed by atoms with Crippen LogP contribution in [0.5, 0.6) is 0 Å². The number of benzene rings is 1. The lowest BCUT2D eigenvalue weighted by atomic mass is 10.1. The van der Waals surface area contributed by atoms with Crippen LogP contribution in [0.3, 0.4) is 0 Å². The highest BCUT2D eigenvalue weighted by atomic mass is 32.1. The maximum atomic E-state index is 12.8. The molecule has 3 heterocycles. The molecule has 0 aliphatic carbocycles. The monoisotopic (exact) mass is 424 g/mol. The van der Waals surface area contributed by atoms with Crippen LogP contribution in [0.25, 0.3) is 0 Å². The predicted molar refractivity (Wildman–Crippen MR) is 121 cm³/mol. The minimum Gasteiger partial charge on any atom is -0.350 e. The molecule has 1 fully saturated rings. The molecule has 3 aromatic rings. The summed E-state index contributed by atoms with van der Waals surface area (Å²) in [6.45, 7) is 8.48. The summed E-state index contributed by atoms with van der Waals surface area (Å²) in [6.07, 6.45) is 4.70. The third-order valence-electron chi connectivity index (χ3n) is 5.38. The van der Waals surface area contributed by atoms with E-state index in [0.717, 1.165) is 36.2 Å². The zero-order valence-electron chi connectivity index (χ0n) is 17.7. The molecule has 2 aromatic heterocycles. The maximum absolute atomic E-state index is 12.8. The van der Waals surface area contributed by atoms with Gasteiger partial charge in [-0.15, -0.1) is 0 Å². The van der Waals surface area contributed by atoms with Gasteiger partial charge in [0, 0.05) is 62.1 Å². The second kappa shape index (κ2) is 8.87. The molecule has 0 spiro atoms. The highest BCUT2D eigenvalue weighted by Crippen LogP contribution is 2.23. The summed E-state index contributed by atoms with van der Waals surface area (Å²) in [5.41, 5.74) is 2.04. The van der Waals surface area contributed by atoms with Gasteiger partial charge in [-0.1, -0.05) is 30.3 Å². The van der Waals surface area contributed by atoms with Crippen molar-refractivity contribution in [1.82, 2.24) is 18.8 Å². The Balaban J connectivity index is 1.34. The average molecular weight is 425 g/mol. The number of amides is 2. The van der Waals surface area contributed by atoms with E-state index in [2.05, 4.69) is 52.1 Å². The zero-order valence-corrected chi connectivity index (χ0v) is 18.5. The van der Waals surface area contributed by atoms with Gasteiger partial charge in [0.15, 0.2) is 0 Å². The molecule has 1 aliphatic rings. The minimum absolute atomic E-state index is 0.0503. The fraction of sp³-hybridized carbons (Fsp3) is 0.409. The third-order valence-corrected chi connectivity index (χ3v) is 6.20. The van der Waals surface area contributed by atoms with Gasteiger partial charge >= 0.3 is 6.03 Å². The van der Waals surface area contributed by atoms with E-state index >= 15 is 0 Å². The quantitative estimate of drug-likeness (QED) is 0.665. The molecule has 8 heteroatoms. The van der Waals surface area contributed by atoms with Gasteiger partial charge in [0.2, 0.25) is 5.13 Å². The van der Waals surface area contributed by atoms with E-state index in [1.165, 1.54) is 17.1 Å². The summed E-state index contributed by atoms with van der Waals surface area (Å²) in [7, 11) is 0. The Kier molecular flexibility index (Phi) is 6.03. The molecule has 0 bridgehead atoms. The number of hydrogen-bond acceptors (Lipinski definition) is 5. The topological polar surface area (TPSA) is 66.3 Å². The van der Waals surface area contributed by atoms with Gasteiger partial charge in [-0.2, -0.15) is 4.37 Å². The molecular weight excluding hydrogens is 396 g/mol. The van der Waals surface area contributed by atoms with E-state index < -0.39 is 0 Å². The number of anilines is 2. The molecule has 4 rings (SSSR count). The van der Waals surface area contributed by atoms with Gasteiger partial charge < -0.3 is 19.7 Å². The summed E-state index contributed by atoms with van der Waals surface area (Å²) in [5.74, 6) is 0.851. The van der Waals surface area contributed by atoms with Crippen LogP contribution in [0.2, 0.25) is 0 Å². The number of nitrogens with one attached hydrogen (secondary N) is 1. The lowest BCUT2D eigenvalue weighted by Crippen LogP contribution is -2.55. The number of hydrogen-bond donors (Lipinski definition) is 1. The van der Waals surface area contributed by atoms with Gasteiger partial charge in [0.1, 0.15) is 5.82 Å². The first-order valence-electron chi connectivity index (χ1n) is 10.4. The molecule has 1 atom stereocenters. The number of urea groups is 1. The zero-order chi connectivity index (χ0) is 21.1. The van der Waals surface area contributed by atoms with Crippen molar-refractivity contribution in [3.63, 3.8) is 0 Å². The second-order valence-corrected chi connectivity index (χ2v) is 8.75. The van der Waals surface area contributed by atoms with Crippen molar-refractivity contribution in [2.45, 2.75) is 39.3 Å². The number of aromatic nitrogens is 3. The van der Waals surface area contributed by atoms with Crippen LogP contribution in [0.15, 0.2) is 48.8 Å². The Labute approximate surface area is 181 Å². The maximum Gasteiger partial charge on any atom is 0.322 e. The van der Waals surface area contributed by atoms with Gasteiger partial charge in [0.25, 0.3) is 0 Å². The van der Waals surface area contributed by atoms with Crippen LogP contribution < -0.4 is 10.2 Å². The molecule has 1 saturated heterocycles. The Bertz CT molecular complexity index is 982. The van der Waals surface area contributed by atoms with Crippen molar-refractivity contribution in [2.24, 2.45) is 0 Å². The van der Waals surface area contributed by atoms with Crippen LogP contribution >= 0.6 is 11.5 Å². The van der Waals surface area contributed by atoms with Crippen molar-refractivity contribution >= 4 is 28.4 Å². The number of carbonyl (C=O) groups is 1. The van der Waals surface area contributed by atoms with Crippen LogP contribution in [0.1, 0.15) is 38.2 Å². The van der Waals surface area contributed by atoms with E-state index in [9.17, 15) is 4.79 Å². The fourth-order valence-electron chi connectivity index (χ4n) is 3.66. The second-order valence-electron chi connectivity index (χ2n) is 8.02. The molecule has 1 aromatic carbocycles. The van der Waals surface area contributed by atoms with Crippen molar-refractivity contribution in [3.05, 3.63) is 60.2 Å². The van der Waals surface area contributed by atoms with E-state index in [0.29, 0.717) is 12.6 Å². The number of nitrogens with zero attached hydrogens (tertiary/aromatic N) is 5. The van der Waals surface area contributed by atoms with Crippen LogP contribution in [-0.4, -0.2) is 50.5 Å². The molecular formula is C22H28N6OS. The molecule has 2 amide bonds. The number of carbonyl (C=O) groups excluding carboxylic acids is 1. The summed E-state index contributed by atoms with van der Waals surface area (Å²) in [4.78, 5) is 21.6. The number of piperazine rings is 1. The molecule has 0 saturated carbocycles. The highest BCUT2D eigenvalue weighted by Gasteiger charge is 2.29. The molecule has 1 unspecified atom stereocenters. The summed E-state index contributed by atoms with van der Waals surface area (Å²) >= 11 is 1.44. The molecule has 1 aliphatic heterocycles. The fourth-order valence-corrected chi connectivity index (χ4v) is 4.38. The SMILES string of the molecule is CC1CN(c2nc(Cc3ccccc3)ns2)CCN1C(=O)Nc1ccn(C(C)C)c1. The van der Waals surface area contributed by atoms with Crippen molar-refractivity contribution in [1.29, 1.82) is 0 Å². The van der Waals surface area contributed by atoms with Gasteiger partial charge in [-0.05, 0) is 32.4 Å². The van der Waals surface area contributed by atoms with E-state index in [-0.39, 0.29) is 12.1 Å². The molecule has 1 N–H and O–H groups in total. The first kappa shape index (κ1) is 20.4. The molecule has 0 radical (unpaired) electrons. The van der Waals surface area contributed by atoms with Gasteiger partial charge in [-0.25, -0.2) is 9.78 Å². The Morgan fingerprint density at radius 2 is 2.03 bits per heavy atom. The minimum atomic E-state index is -0.0503. The molecule has 30 heavy (non-hydrogen) atoms. The average Bonchev–Trinajstić information content (AvgIpc) is 3.38. The van der Waals surface area contributed by atoms with Crippen molar-refractivity contribution < 1.29 is 4.79 Å². The van der Waals surface area contributed by atoms with Gasteiger partial charge in [0.05, 0.1) is 5.69 Å². The van der Waals surface area contributed by atoms with Crippen LogP contribution in [-0.2, 0) is 6.42 Å². The van der Waals surface area contributed by atoms with Crippen LogP contribution in [0.4, 0.5) is 15.6 Å². The molecule has 158 valence electrons. The highest BCUT2D eigenvalue weighted by molar-refractivity contribution is 7.09. The lowest BCUT2D eigenvalue weighted by Gasteiger charge is -2.39. The Hall–Kier alpha value is -2.87. The summed E-state index contributed by atoms with van der Waals surface area (Å²) in [6, 6.07) is 12.6. The first-order valence-corrected chi connectivity index (χ1v) is 11.1. The standard InChI is InChI=1S/C22H28N6OS/c1-16(2)26-10-9-19(15-26)23-21(29)28-12-11-27(14-17(28)3)22-24-20(25-30-22)13-18-7-5-4-6-8-18/h4-10,15-17H,11-14H2,1-3H3,(H,23,29). The largest absolute Gasteiger partial charge is 0.350 e. The normalized spacial score (nSPS) is 16.9. The van der Waals surface area contributed by atoms with E-state index in [1.54, 1.807) is 0 Å². The van der Waals surface area contributed by atoms with E-state index in [4.69, 9.17) is 4.98 Å². The lowest BCUT2D eigenvalue weighted by molar-refractivity contribution is 0.185. The molecule has 7 nitrogen and oxygen atoms in total. The Morgan fingerprint density at radius 1 is 1.23 bits per heavy atom. The van der Waals surface area contributed by atoms with Crippen molar-refractivity contribution in [2.75, 3.05) is 29.9 Å². The summed E-state index contributed by atoms with van der Waals surface area (Å²) in [5, 5.41) is 3.96. The number of rotatable bonds is 5. The smallest absolute Gasteiger partial charge is 0.322 e. The third kappa shape index (κ3) is 4.64. The summed E-state index contributed by atoms with van der Waals surface area (Å²) < 4.78 is 6.61. The Morgan fingerprint density at radius 3 is 2.73 bits per heavy atom. The first-order chi connectivity index (χ1) is 14.5. The van der Waals surface area contributed by atoms with E-state index in [1.807, 2.05) is 41.6 Å².